The van der Waals surface area contributed by atoms with E-state index in [1.165, 1.54) is 19.2 Å². The molecule has 0 saturated carbocycles. The van der Waals surface area contributed by atoms with Gasteiger partial charge in [0, 0.05) is 22.4 Å². The second-order valence-corrected chi connectivity index (χ2v) is 10.8. The van der Waals surface area contributed by atoms with Gasteiger partial charge in [-0.15, -0.1) is 0 Å². The summed E-state index contributed by atoms with van der Waals surface area (Å²) in [6, 6.07) is 44.5. The molecule has 1 fully saturated rings. The van der Waals surface area contributed by atoms with Gasteiger partial charge in [0.1, 0.15) is 11.6 Å². The van der Waals surface area contributed by atoms with Crippen molar-refractivity contribution in [2.75, 3.05) is 18.6 Å². The number of nitrogens with zero attached hydrogens (tertiary/aromatic N) is 1. The summed E-state index contributed by atoms with van der Waals surface area (Å²) in [6.45, 7) is 0.400. The normalized spacial score (nSPS) is 16.4. The molecule has 5 aromatic carbocycles. The van der Waals surface area contributed by atoms with E-state index in [4.69, 9.17) is 14.5 Å². The maximum atomic E-state index is 13.7. The quantitative estimate of drug-likeness (QED) is 0.0485. The third-order valence-corrected chi connectivity index (χ3v) is 8.21. The van der Waals surface area contributed by atoms with Gasteiger partial charge in [0.05, 0.1) is 25.7 Å². The van der Waals surface area contributed by atoms with Gasteiger partial charge in [-0.2, -0.15) is 0 Å². The molecule has 5 aromatic rings. The Labute approximate surface area is 257 Å². The van der Waals surface area contributed by atoms with Gasteiger partial charge in [-0.05, 0) is 54.8 Å². The molecule has 0 bridgehead atoms. The van der Waals surface area contributed by atoms with Crippen molar-refractivity contribution in [2.24, 2.45) is 5.92 Å². The van der Waals surface area contributed by atoms with Crippen molar-refractivity contribution in [3.8, 4) is 5.75 Å². The highest BCUT2D eigenvalue weighted by molar-refractivity contribution is 6.03. The van der Waals surface area contributed by atoms with E-state index >= 15 is 0 Å². The van der Waals surface area contributed by atoms with Gasteiger partial charge in [0.2, 0.25) is 5.91 Å². The van der Waals surface area contributed by atoms with E-state index in [1.807, 2.05) is 78.9 Å². The first kappa shape index (κ1) is 29.3. The number of benzene rings is 5. The van der Waals surface area contributed by atoms with E-state index < -0.39 is 5.60 Å². The first-order valence-electron chi connectivity index (χ1n) is 14.8. The van der Waals surface area contributed by atoms with Crippen LogP contribution in [-0.2, 0) is 20.2 Å². The second kappa shape index (κ2) is 13.2. The zero-order valence-corrected chi connectivity index (χ0v) is 24.5. The summed E-state index contributed by atoms with van der Waals surface area (Å²) in [4.78, 5) is 24.9. The van der Waals surface area contributed by atoms with Crippen molar-refractivity contribution >= 4 is 11.6 Å². The lowest BCUT2D eigenvalue weighted by Gasteiger charge is -2.47. The number of halogens is 1. The van der Waals surface area contributed by atoms with Crippen LogP contribution in [0.1, 0.15) is 41.1 Å². The molecular weight excluding hydrogens is 553 g/mol. The summed E-state index contributed by atoms with van der Waals surface area (Å²) in [7, 11) is 1.47. The summed E-state index contributed by atoms with van der Waals surface area (Å²) in [5, 5.41) is 0. The molecule has 1 aliphatic heterocycles. The van der Waals surface area contributed by atoms with Gasteiger partial charge in [-0.25, -0.2) is 14.2 Å². The van der Waals surface area contributed by atoms with E-state index in [0.717, 1.165) is 22.3 Å². The molecule has 1 saturated heterocycles. The van der Waals surface area contributed by atoms with E-state index in [1.54, 1.807) is 17.0 Å². The fourth-order valence-electron chi connectivity index (χ4n) is 6.15. The van der Waals surface area contributed by atoms with Crippen molar-refractivity contribution in [3.05, 3.63) is 168 Å². The number of β-lactam (4-membered cyclic amide) rings is 1. The molecule has 6 heteroatoms. The molecule has 0 aromatic heterocycles. The molecular formula is C38H34FNO4. The number of rotatable bonds is 12. The van der Waals surface area contributed by atoms with Crippen LogP contribution < -0.4 is 9.64 Å². The minimum Gasteiger partial charge on any atom is -0.473 e. The predicted octanol–water partition coefficient (Wildman–Crippen LogP) is 8.26. The highest BCUT2D eigenvalue weighted by Gasteiger charge is 2.48. The van der Waals surface area contributed by atoms with Crippen molar-refractivity contribution < 1.29 is 23.7 Å². The first-order valence-corrected chi connectivity index (χ1v) is 14.8. The molecule has 0 radical (unpaired) electrons. The number of anilines is 1. The second-order valence-electron chi connectivity index (χ2n) is 10.8. The minimum atomic E-state index is -0.901. The molecule has 5 nitrogen and oxygen atoms in total. The fourth-order valence-corrected chi connectivity index (χ4v) is 6.15. The summed E-state index contributed by atoms with van der Waals surface area (Å²) in [6.07, 6.45) is 1.31. The Kier molecular flexibility index (Phi) is 8.82. The van der Waals surface area contributed by atoms with Crippen molar-refractivity contribution in [1.29, 1.82) is 0 Å². The van der Waals surface area contributed by atoms with Gasteiger partial charge >= 0.3 is 0 Å². The number of ether oxygens (including phenoxy) is 1. The minimum absolute atomic E-state index is 0.00982. The first-order chi connectivity index (χ1) is 21.6. The summed E-state index contributed by atoms with van der Waals surface area (Å²) in [5.74, 6) is 0.126. The van der Waals surface area contributed by atoms with Crippen LogP contribution in [0.15, 0.2) is 140 Å². The molecule has 0 spiro atoms. The lowest BCUT2D eigenvalue weighted by Crippen LogP contribution is -2.55. The number of carbonyl (C=O) groups is 1. The standard InChI is InChI=1S/C38H34FNO4/c1-42-43-27-11-18-35-36(40(37(35)41)33-23-21-32(39)22-24-33)28-19-25-34(26-20-28)44-38(29-12-5-2-6-13-29,30-14-7-3-8-15-30)31-16-9-4-10-17-31/h2-10,12-17,19-26,35-36H,11,18,27H2,1H3/t35-,36-/m1/s1. The lowest BCUT2D eigenvalue weighted by molar-refractivity contribution is -0.273. The largest absolute Gasteiger partial charge is 0.473 e. The third-order valence-electron chi connectivity index (χ3n) is 8.21. The van der Waals surface area contributed by atoms with Crippen LogP contribution >= 0.6 is 0 Å². The Balaban J connectivity index is 1.36. The number of carbonyl (C=O) groups excluding carboxylic acids is 1. The molecule has 6 rings (SSSR count). The molecule has 0 N–H and O–H groups in total. The summed E-state index contributed by atoms with van der Waals surface area (Å²) in [5.41, 5.74) is 3.76. The van der Waals surface area contributed by atoms with Crippen LogP contribution in [0.2, 0.25) is 0 Å². The van der Waals surface area contributed by atoms with Crippen molar-refractivity contribution in [1.82, 2.24) is 0 Å². The van der Waals surface area contributed by atoms with Crippen LogP contribution in [0.3, 0.4) is 0 Å². The Hall–Kier alpha value is -4.78. The van der Waals surface area contributed by atoms with Crippen LogP contribution in [0.25, 0.3) is 0 Å². The van der Waals surface area contributed by atoms with Crippen molar-refractivity contribution in [2.45, 2.75) is 24.5 Å². The summed E-state index contributed by atoms with van der Waals surface area (Å²) < 4.78 is 20.8. The predicted molar refractivity (Wildman–Crippen MR) is 169 cm³/mol. The van der Waals surface area contributed by atoms with Crippen LogP contribution in [0.4, 0.5) is 10.1 Å². The average Bonchev–Trinajstić information content (AvgIpc) is 3.08. The Morgan fingerprint density at radius 1 is 0.705 bits per heavy atom. The SMILES string of the molecule is COOCCC[C@H]1C(=O)N(c2ccc(F)cc2)[C@@H]1c1ccc(OC(c2ccccc2)(c2ccccc2)c2ccccc2)cc1. The molecule has 0 unspecified atom stereocenters. The molecule has 1 heterocycles. The molecule has 2 atom stereocenters. The molecule has 44 heavy (non-hydrogen) atoms. The smallest absolute Gasteiger partial charge is 0.233 e. The number of amides is 1. The Morgan fingerprint density at radius 3 is 1.73 bits per heavy atom. The number of hydrogen-bond donors (Lipinski definition) is 0. The highest BCUT2D eigenvalue weighted by atomic mass is 19.1. The van der Waals surface area contributed by atoms with Crippen LogP contribution in [0, 0.1) is 11.7 Å². The van der Waals surface area contributed by atoms with Gasteiger partial charge < -0.3 is 9.64 Å². The van der Waals surface area contributed by atoms with Crippen molar-refractivity contribution in [3.63, 3.8) is 0 Å². The third kappa shape index (κ3) is 5.74. The van der Waals surface area contributed by atoms with Crippen LogP contribution in [-0.4, -0.2) is 19.6 Å². The van der Waals surface area contributed by atoms with E-state index in [-0.39, 0.29) is 23.7 Å². The Bertz CT molecular complexity index is 1550. The maximum absolute atomic E-state index is 13.7. The monoisotopic (exact) mass is 587 g/mol. The maximum Gasteiger partial charge on any atom is 0.233 e. The van der Waals surface area contributed by atoms with Gasteiger partial charge in [-0.3, -0.25) is 4.79 Å². The van der Waals surface area contributed by atoms with Gasteiger partial charge in [0.15, 0.2) is 5.60 Å². The zero-order chi connectivity index (χ0) is 30.4. The molecule has 222 valence electrons. The van der Waals surface area contributed by atoms with E-state index in [9.17, 15) is 9.18 Å². The number of hydrogen-bond acceptors (Lipinski definition) is 4. The lowest BCUT2D eigenvalue weighted by atomic mass is 9.79. The topological polar surface area (TPSA) is 48.0 Å². The molecule has 1 amide bonds. The highest BCUT2D eigenvalue weighted by Crippen LogP contribution is 2.47. The average molecular weight is 588 g/mol. The zero-order valence-electron chi connectivity index (χ0n) is 24.5. The van der Waals surface area contributed by atoms with Gasteiger partial charge in [-0.1, -0.05) is 103 Å². The van der Waals surface area contributed by atoms with Crippen LogP contribution in [0.5, 0.6) is 5.75 Å². The van der Waals surface area contributed by atoms with E-state index in [0.29, 0.717) is 30.9 Å². The van der Waals surface area contributed by atoms with E-state index in [2.05, 4.69) is 36.4 Å². The Morgan fingerprint density at radius 2 is 1.23 bits per heavy atom. The van der Waals surface area contributed by atoms with Gasteiger partial charge in [0.25, 0.3) is 0 Å². The molecule has 1 aliphatic rings. The molecule has 0 aliphatic carbocycles. The fraction of sp³-hybridized carbons (Fsp3) is 0.184. The summed E-state index contributed by atoms with van der Waals surface area (Å²) >= 11 is 0.